The molecular formula is C17H14ClN3O3. The average molecular weight is 344 g/mol. The number of benzene rings is 2. The van der Waals surface area contributed by atoms with Gasteiger partial charge >= 0.3 is 0 Å². The van der Waals surface area contributed by atoms with Crippen LogP contribution in [0.15, 0.2) is 53.6 Å². The van der Waals surface area contributed by atoms with Gasteiger partial charge in [0.25, 0.3) is 5.56 Å². The van der Waals surface area contributed by atoms with Crippen LogP contribution < -0.4 is 15.6 Å². The molecule has 24 heavy (non-hydrogen) atoms. The molecule has 0 saturated carbocycles. The van der Waals surface area contributed by atoms with Crippen LogP contribution in [0, 0.1) is 0 Å². The number of ether oxygens (including phenoxy) is 1. The molecule has 122 valence electrons. The maximum atomic E-state index is 12.4. The van der Waals surface area contributed by atoms with Crippen molar-refractivity contribution in [2.75, 3.05) is 12.4 Å². The molecule has 0 aliphatic rings. The molecule has 1 N–H and O–H groups in total. The smallest absolute Gasteiger partial charge is 0.261 e. The van der Waals surface area contributed by atoms with Crippen molar-refractivity contribution in [1.29, 1.82) is 0 Å². The standard InChI is InChI=1S/C17H14ClN3O3/c1-24-13-4-2-3-12(8-13)20-16(22)9-21-10-19-15-7-11(18)5-6-14(15)17(21)23/h2-8,10H,9H2,1H3,(H,20,22). The topological polar surface area (TPSA) is 73.2 Å². The van der Waals surface area contributed by atoms with Crippen LogP contribution in [0.5, 0.6) is 5.75 Å². The Kier molecular flexibility index (Phi) is 4.48. The second-order valence-corrected chi connectivity index (χ2v) is 5.56. The zero-order chi connectivity index (χ0) is 17.1. The summed E-state index contributed by atoms with van der Waals surface area (Å²) in [4.78, 5) is 28.7. The molecule has 1 aromatic heterocycles. The summed E-state index contributed by atoms with van der Waals surface area (Å²) in [7, 11) is 1.55. The Labute approximate surface area is 142 Å². The van der Waals surface area contributed by atoms with E-state index in [4.69, 9.17) is 16.3 Å². The van der Waals surface area contributed by atoms with Gasteiger partial charge in [0.2, 0.25) is 5.91 Å². The second kappa shape index (κ2) is 6.72. The normalized spacial score (nSPS) is 10.6. The van der Waals surface area contributed by atoms with E-state index in [0.717, 1.165) is 0 Å². The van der Waals surface area contributed by atoms with E-state index >= 15 is 0 Å². The third-order valence-electron chi connectivity index (χ3n) is 3.45. The van der Waals surface area contributed by atoms with Crippen molar-refractivity contribution in [2.24, 2.45) is 0 Å². The minimum absolute atomic E-state index is 0.137. The van der Waals surface area contributed by atoms with Crippen molar-refractivity contribution >= 4 is 34.1 Å². The van der Waals surface area contributed by atoms with Crippen LogP contribution in [0.25, 0.3) is 10.9 Å². The predicted octanol–water partition coefficient (Wildman–Crippen LogP) is 2.70. The monoisotopic (exact) mass is 343 g/mol. The maximum absolute atomic E-state index is 12.4. The largest absolute Gasteiger partial charge is 0.497 e. The first-order valence-electron chi connectivity index (χ1n) is 7.15. The number of rotatable bonds is 4. The Morgan fingerprint density at radius 1 is 1.29 bits per heavy atom. The van der Waals surface area contributed by atoms with Gasteiger partial charge in [-0.1, -0.05) is 17.7 Å². The third kappa shape index (κ3) is 3.38. The third-order valence-corrected chi connectivity index (χ3v) is 3.69. The fourth-order valence-electron chi connectivity index (χ4n) is 2.30. The number of halogens is 1. The molecule has 0 fully saturated rings. The van der Waals surface area contributed by atoms with Gasteiger partial charge in [-0.2, -0.15) is 0 Å². The number of methoxy groups -OCH3 is 1. The molecule has 0 spiro atoms. The van der Waals surface area contributed by atoms with E-state index in [1.54, 1.807) is 49.6 Å². The number of fused-ring (bicyclic) bond motifs is 1. The van der Waals surface area contributed by atoms with Crippen LogP contribution in [0.3, 0.4) is 0 Å². The number of amides is 1. The number of anilines is 1. The van der Waals surface area contributed by atoms with Crippen molar-refractivity contribution < 1.29 is 9.53 Å². The van der Waals surface area contributed by atoms with Gasteiger partial charge in [0, 0.05) is 16.8 Å². The fraction of sp³-hybridized carbons (Fsp3) is 0.118. The lowest BCUT2D eigenvalue weighted by Crippen LogP contribution is -2.27. The van der Waals surface area contributed by atoms with E-state index in [-0.39, 0.29) is 18.0 Å². The number of carbonyl (C=O) groups excluding carboxylic acids is 1. The first-order chi connectivity index (χ1) is 11.6. The van der Waals surface area contributed by atoms with Crippen molar-refractivity contribution in [2.45, 2.75) is 6.54 Å². The van der Waals surface area contributed by atoms with Gasteiger partial charge < -0.3 is 10.1 Å². The fourth-order valence-corrected chi connectivity index (χ4v) is 2.47. The van der Waals surface area contributed by atoms with E-state index in [0.29, 0.717) is 27.4 Å². The van der Waals surface area contributed by atoms with Gasteiger partial charge in [-0.25, -0.2) is 4.98 Å². The average Bonchev–Trinajstić information content (AvgIpc) is 2.57. The molecule has 0 bridgehead atoms. The summed E-state index contributed by atoms with van der Waals surface area (Å²) in [6.07, 6.45) is 1.34. The van der Waals surface area contributed by atoms with Crippen LogP contribution >= 0.6 is 11.6 Å². The molecule has 2 aromatic carbocycles. The Morgan fingerprint density at radius 3 is 2.92 bits per heavy atom. The number of aromatic nitrogens is 2. The molecule has 0 aliphatic carbocycles. The van der Waals surface area contributed by atoms with Crippen molar-refractivity contribution in [3.8, 4) is 5.75 Å². The Hall–Kier alpha value is -2.86. The highest BCUT2D eigenvalue weighted by Gasteiger charge is 2.09. The molecule has 3 rings (SSSR count). The minimum Gasteiger partial charge on any atom is -0.497 e. The molecule has 0 unspecified atom stereocenters. The Bertz CT molecular complexity index is 969. The van der Waals surface area contributed by atoms with E-state index in [2.05, 4.69) is 10.3 Å². The zero-order valence-electron chi connectivity index (χ0n) is 12.8. The first-order valence-corrected chi connectivity index (χ1v) is 7.53. The number of nitrogens with zero attached hydrogens (tertiary/aromatic N) is 2. The van der Waals surface area contributed by atoms with Crippen molar-refractivity contribution in [3.63, 3.8) is 0 Å². The van der Waals surface area contributed by atoms with Crippen LogP contribution in [-0.4, -0.2) is 22.6 Å². The Balaban J connectivity index is 1.81. The molecular weight excluding hydrogens is 330 g/mol. The quantitative estimate of drug-likeness (QED) is 0.790. The molecule has 0 aliphatic heterocycles. The van der Waals surface area contributed by atoms with Crippen LogP contribution in [0.4, 0.5) is 5.69 Å². The molecule has 0 atom stereocenters. The Morgan fingerprint density at radius 2 is 2.12 bits per heavy atom. The SMILES string of the molecule is COc1cccc(NC(=O)Cn2cnc3cc(Cl)ccc3c2=O)c1. The maximum Gasteiger partial charge on any atom is 0.261 e. The van der Waals surface area contributed by atoms with Gasteiger partial charge in [-0.15, -0.1) is 0 Å². The highest BCUT2D eigenvalue weighted by atomic mass is 35.5. The predicted molar refractivity (Wildman–Crippen MR) is 92.6 cm³/mol. The van der Waals surface area contributed by atoms with Crippen LogP contribution in [0.1, 0.15) is 0 Å². The number of nitrogens with one attached hydrogen (secondary N) is 1. The van der Waals surface area contributed by atoms with Gasteiger partial charge in [0.15, 0.2) is 0 Å². The van der Waals surface area contributed by atoms with E-state index < -0.39 is 0 Å². The zero-order valence-corrected chi connectivity index (χ0v) is 13.6. The molecule has 0 saturated heterocycles. The van der Waals surface area contributed by atoms with Gasteiger partial charge in [0.1, 0.15) is 12.3 Å². The van der Waals surface area contributed by atoms with E-state index in [1.807, 2.05) is 0 Å². The van der Waals surface area contributed by atoms with E-state index in [1.165, 1.54) is 10.9 Å². The minimum atomic E-state index is -0.333. The summed E-state index contributed by atoms with van der Waals surface area (Å²) < 4.78 is 6.36. The summed E-state index contributed by atoms with van der Waals surface area (Å²) in [6.45, 7) is -0.137. The van der Waals surface area contributed by atoms with Crippen LogP contribution in [-0.2, 0) is 11.3 Å². The highest BCUT2D eigenvalue weighted by molar-refractivity contribution is 6.31. The van der Waals surface area contributed by atoms with Gasteiger partial charge in [-0.05, 0) is 30.3 Å². The molecule has 1 amide bonds. The van der Waals surface area contributed by atoms with Crippen LogP contribution in [0.2, 0.25) is 5.02 Å². The second-order valence-electron chi connectivity index (χ2n) is 5.12. The summed E-state index contributed by atoms with van der Waals surface area (Å²) >= 11 is 5.89. The number of hydrogen-bond donors (Lipinski definition) is 1. The lowest BCUT2D eigenvalue weighted by atomic mass is 10.2. The molecule has 7 heteroatoms. The first kappa shape index (κ1) is 16.0. The number of hydrogen-bond acceptors (Lipinski definition) is 4. The summed E-state index contributed by atoms with van der Waals surface area (Å²) in [5.74, 6) is 0.301. The van der Waals surface area contributed by atoms with Crippen molar-refractivity contribution in [3.05, 3.63) is 64.2 Å². The lowest BCUT2D eigenvalue weighted by Gasteiger charge is -2.09. The summed E-state index contributed by atoms with van der Waals surface area (Å²) in [5.41, 5.74) is 0.794. The van der Waals surface area contributed by atoms with E-state index in [9.17, 15) is 9.59 Å². The molecule has 3 aromatic rings. The van der Waals surface area contributed by atoms with Gasteiger partial charge in [-0.3, -0.25) is 14.2 Å². The molecule has 6 nitrogen and oxygen atoms in total. The molecule has 0 radical (unpaired) electrons. The highest BCUT2D eigenvalue weighted by Crippen LogP contribution is 2.17. The summed E-state index contributed by atoms with van der Waals surface area (Å²) in [6, 6.07) is 11.8. The number of carbonyl (C=O) groups is 1. The van der Waals surface area contributed by atoms with Gasteiger partial charge in [0.05, 0.1) is 24.3 Å². The lowest BCUT2D eigenvalue weighted by molar-refractivity contribution is -0.116. The van der Waals surface area contributed by atoms with Crippen molar-refractivity contribution in [1.82, 2.24) is 9.55 Å². The molecule has 1 heterocycles. The summed E-state index contributed by atoms with van der Waals surface area (Å²) in [5, 5.41) is 3.64.